The maximum absolute atomic E-state index is 12.8. The summed E-state index contributed by atoms with van der Waals surface area (Å²) >= 11 is 5.92. The first-order valence-corrected chi connectivity index (χ1v) is 9.34. The molecule has 130 valence electrons. The molecule has 2 N–H and O–H groups in total. The van der Waals surface area contributed by atoms with Gasteiger partial charge in [-0.05, 0) is 37.3 Å². The lowest BCUT2D eigenvalue weighted by molar-refractivity contribution is 0.0527. The molecule has 0 radical (unpaired) electrons. The van der Waals surface area contributed by atoms with Crippen LogP contribution in [-0.2, 0) is 14.8 Å². The van der Waals surface area contributed by atoms with E-state index in [0.29, 0.717) is 15.9 Å². The molecule has 0 spiro atoms. The van der Waals surface area contributed by atoms with Crippen molar-refractivity contribution in [2.45, 2.75) is 11.8 Å². The lowest BCUT2D eigenvalue weighted by atomic mass is 10.2. The first-order chi connectivity index (χ1) is 11.9. The third-order valence-electron chi connectivity index (χ3n) is 3.56. The van der Waals surface area contributed by atoms with Gasteiger partial charge in [0.15, 0.2) is 0 Å². The van der Waals surface area contributed by atoms with Gasteiger partial charge in [0, 0.05) is 22.1 Å². The number of ether oxygens (including phenoxy) is 1. The van der Waals surface area contributed by atoms with Crippen LogP contribution in [0, 0.1) is 0 Å². The highest BCUT2D eigenvalue weighted by atomic mass is 35.5. The molecule has 0 amide bonds. The van der Waals surface area contributed by atoms with E-state index in [2.05, 4.69) is 9.71 Å². The zero-order valence-corrected chi connectivity index (χ0v) is 14.8. The Morgan fingerprint density at radius 2 is 2.00 bits per heavy atom. The van der Waals surface area contributed by atoms with Crippen LogP contribution in [-0.4, -0.2) is 26.0 Å². The summed E-state index contributed by atoms with van der Waals surface area (Å²) in [6.45, 7) is 1.88. The van der Waals surface area contributed by atoms with Crippen molar-refractivity contribution in [1.82, 2.24) is 4.98 Å². The number of esters is 1. The second-order valence-corrected chi connectivity index (χ2v) is 7.30. The number of H-pyrrole nitrogens is 1. The number of carbonyl (C=O) groups excluding carboxylic acids is 1. The fourth-order valence-corrected chi connectivity index (χ4v) is 3.88. The van der Waals surface area contributed by atoms with E-state index in [1.54, 1.807) is 37.3 Å². The van der Waals surface area contributed by atoms with Crippen molar-refractivity contribution in [3.8, 4) is 0 Å². The molecule has 8 heteroatoms. The van der Waals surface area contributed by atoms with E-state index in [-0.39, 0.29) is 22.8 Å². The Morgan fingerprint density at radius 1 is 1.24 bits per heavy atom. The summed E-state index contributed by atoms with van der Waals surface area (Å²) in [5, 5.41) is 1.00. The molecule has 0 saturated heterocycles. The zero-order valence-electron chi connectivity index (χ0n) is 13.2. The van der Waals surface area contributed by atoms with E-state index < -0.39 is 16.0 Å². The molecular weight excluding hydrogens is 364 g/mol. The molecule has 0 unspecified atom stereocenters. The number of hydrogen-bond acceptors (Lipinski definition) is 4. The molecule has 0 bridgehead atoms. The van der Waals surface area contributed by atoms with Gasteiger partial charge in [-0.3, -0.25) is 4.72 Å². The summed E-state index contributed by atoms with van der Waals surface area (Å²) in [4.78, 5) is 15.0. The first kappa shape index (κ1) is 17.3. The second-order valence-electron chi connectivity index (χ2n) is 5.21. The Kier molecular flexibility index (Phi) is 4.69. The van der Waals surface area contributed by atoms with Crippen LogP contribution in [0.1, 0.15) is 17.3 Å². The van der Waals surface area contributed by atoms with Gasteiger partial charge in [0.1, 0.15) is 4.90 Å². The molecule has 3 aromatic rings. The largest absolute Gasteiger partial charge is 0.462 e. The average molecular weight is 379 g/mol. The topological polar surface area (TPSA) is 88.3 Å². The van der Waals surface area contributed by atoms with E-state index >= 15 is 0 Å². The predicted molar refractivity (Wildman–Crippen MR) is 96.5 cm³/mol. The molecule has 0 aliphatic carbocycles. The van der Waals surface area contributed by atoms with Crippen LogP contribution >= 0.6 is 11.6 Å². The van der Waals surface area contributed by atoms with Gasteiger partial charge in [0.05, 0.1) is 17.9 Å². The zero-order chi connectivity index (χ0) is 18.0. The van der Waals surface area contributed by atoms with E-state index in [0.717, 1.165) is 0 Å². The van der Waals surface area contributed by atoms with Crippen molar-refractivity contribution >= 4 is 44.2 Å². The second kappa shape index (κ2) is 6.78. The lowest BCUT2D eigenvalue weighted by Gasteiger charge is -2.11. The molecule has 0 saturated carbocycles. The highest BCUT2D eigenvalue weighted by Gasteiger charge is 2.22. The van der Waals surface area contributed by atoms with E-state index in [1.807, 2.05) is 0 Å². The van der Waals surface area contributed by atoms with Crippen molar-refractivity contribution < 1.29 is 17.9 Å². The Hall–Kier alpha value is -2.51. The number of anilines is 1. The fourth-order valence-electron chi connectivity index (χ4n) is 2.45. The Labute approximate surface area is 149 Å². The molecule has 0 aliphatic heterocycles. The number of carbonyl (C=O) groups is 1. The van der Waals surface area contributed by atoms with Gasteiger partial charge in [0.25, 0.3) is 10.0 Å². The number of fused-ring (bicyclic) bond motifs is 1. The van der Waals surface area contributed by atoms with Crippen molar-refractivity contribution in [3.63, 3.8) is 0 Å². The third-order valence-corrected chi connectivity index (χ3v) is 5.20. The smallest absolute Gasteiger partial charge is 0.340 e. The number of benzene rings is 2. The van der Waals surface area contributed by atoms with Crippen molar-refractivity contribution in [1.29, 1.82) is 0 Å². The summed E-state index contributed by atoms with van der Waals surface area (Å²) in [5.74, 6) is -0.591. The maximum atomic E-state index is 12.8. The minimum Gasteiger partial charge on any atom is -0.462 e. The molecule has 6 nitrogen and oxygen atoms in total. The summed E-state index contributed by atoms with van der Waals surface area (Å²) in [6.07, 6.45) is 1.39. The summed E-state index contributed by atoms with van der Waals surface area (Å²) in [5.41, 5.74) is 0.909. The van der Waals surface area contributed by atoms with Crippen LogP contribution in [0.3, 0.4) is 0 Å². The standard InChI is InChI=1S/C17H15ClN2O4S/c1-2-24-17(21)13-5-3-4-6-14(13)20-25(22,23)16-10-19-15-9-11(18)7-8-12(15)16/h3-10,19-20H,2H2,1H3. The summed E-state index contributed by atoms with van der Waals surface area (Å²) < 4.78 is 33.0. The number of aromatic nitrogens is 1. The predicted octanol–water partition coefficient (Wildman–Crippen LogP) is 3.80. The number of hydrogen-bond donors (Lipinski definition) is 2. The molecule has 1 heterocycles. The van der Waals surface area contributed by atoms with E-state index in [4.69, 9.17) is 16.3 Å². The molecular formula is C17H15ClN2O4S. The molecule has 1 aromatic heterocycles. The summed E-state index contributed by atoms with van der Waals surface area (Å²) in [6, 6.07) is 11.2. The molecule has 0 aliphatic rings. The number of aromatic amines is 1. The molecule has 2 aromatic carbocycles. The lowest BCUT2D eigenvalue weighted by Crippen LogP contribution is -2.16. The van der Waals surface area contributed by atoms with Gasteiger partial charge < -0.3 is 9.72 Å². The van der Waals surface area contributed by atoms with Gasteiger partial charge in [-0.25, -0.2) is 13.2 Å². The van der Waals surface area contributed by atoms with Crippen LogP contribution in [0.4, 0.5) is 5.69 Å². The van der Waals surface area contributed by atoms with Crippen molar-refractivity contribution in [2.24, 2.45) is 0 Å². The van der Waals surface area contributed by atoms with Crippen LogP contribution in [0.2, 0.25) is 5.02 Å². The van der Waals surface area contributed by atoms with Crippen LogP contribution in [0.15, 0.2) is 53.6 Å². The highest BCUT2D eigenvalue weighted by molar-refractivity contribution is 7.93. The first-order valence-electron chi connectivity index (χ1n) is 7.48. The van der Waals surface area contributed by atoms with Gasteiger partial charge in [0.2, 0.25) is 0 Å². The average Bonchev–Trinajstić information content (AvgIpc) is 2.99. The minimum atomic E-state index is -3.91. The molecule has 0 atom stereocenters. The van der Waals surface area contributed by atoms with Gasteiger partial charge in [-0.2, -0.15) is 0 Å². The molecule has 0 fully saturated rings. The van der Waals surface area contributed by atoms with Crippen LogP contribution in [0.25, 0.3) is 10.9 Å². The number of nitrogens with one attached hydrogen (secondary N) is 2. The van der Waals surface area contributed by atoms with Crippen LogP contribution < -0.4 is 4.72 Å². The van der Waals surface area contributed by atoms with E-state index in [9.17, 15) is 13.2 Å². The third kappa shape index (κ3) is 3.47. The van der Waals surface area contributed by atoms with Crippen molar-refractivity contribution in [3.05, 3.63) is 59.2 Å². The fraction of sp³-hybridized carbons (Fsp3) is 0.118. The Morgan fingerprint density at radius 3 is 2.76 bits per heavy atom. The maximum Gasteiger partial charge on any atom is 0.340 e. The number of rotatable bonds is 5. The summed E-state index contributed by atoms with van der Waals surface area (Å²) in [7, 11) is -3.91. The molecule has 3 rings (SSSR count). The highest BCUT2D eigenvalue weighted by Crippen LogP contribution is 2.28. The quantitative estimate of drug-likeness (QED) is 0.661. The number of sulfonamides is 1. The monoisotopic (exact) mass is 378 g/mol. The normalized spacial score (nSPS) is 11.4. The van der Waals surface area contributed by atoms with Gasteiger partial charge >= 0.3 is 5.97 Å². The SMILES string of the molecule is CCOC(=O)c1ccccc1NS(=O)(=O)c1c[nH]c2cc(Cl)ccc12. The Balaban J connectivity index is 2.01. The number of para-hydroxylation sites is 1. The number of halogens is 1. The van der Waals surface area contributed by atoms with Crippen molar-refractivity contribution in [2.75, 3.05) is 11.3 Å². The van der Waals surface area contributed by atoms with Gasteiger partial charge in [-0.1, -0.05) is 23.7 Å². The van der Waals surface area contributed by atoms with Crippen LogP contribution in [0.5, 0.6) is 0 Å². The minimum absolute atomic E-state index is 0.0674. The van der Waals surface area contributed by atoms with Gasteiger partial charge in [-0.15, -0.1) is 0 Å². The van der Waals surface area contributed by atoms with E-state index in [1.165, 1.54) is 18.3 Å². The Bertz CT molecular complexity index is 1040. The molecule has 25 heavy (non-hydrogen) atoms.